The number of carbonyl (C=O) groups is 1. The molecule has 2 aliphatic heterocycles. The van der Waals surface area contributed by atoms with Crippen molar-refractivity contribution in [3.05, 3.63) is 65.0 Å². The van der Waals surface area contributed by atoms with Crippen LogP contribution in [0.1, 0.15) is 80.0 Å². The molecule has 3 aromatic rings. The van der Waals surface area contributed by atoms with Gasteiger partial charge in [0.2, 0.25) is 5.88 Å². The van der Waals surface area contributed by atoms with E-state index in [2.05, 4.69) is 28.1 Å². The Labute approximate surface area is 239 Å². The molecule has 3 aliphatic rings. The van der Waals surface area contributed by atoms with Crippen molar-refractivity contribution in [1.29, 1.82) is 0 Å². The van der Waals surface area contributed by atoms with E-state index in [1.807, 2.05) is 6.92 Å². The van der Waals surface area contributed by atoms with Gasteiger partial charge in [-0.1, -0.05) is 25.5 Å². The van der Waals surface area contributed by atoms with Crippen molar-refractivity contribution >= 4 is 5.97 Å². The number of rotatable bonds is 9. The summed E-state index contributed by atoms with van der Waals surface area (Å²) in [6.07, 6.45) is 9.67. The monoisotopic (exact) mass is 560 g/mol. The van der Waals surface area contributed by atoms with Crippen LogP contribution >= 0.6 is 0 Å². The Kier molecular flexibility index (Phi) is 7.88. The average Bonchev–Trinajstić information content (AvgIpc) is 3.47. The van der Waals surface area contributed by atoms with Gasteiger partial charge < -0.3 is 14.6 Å². The molecular formula is C32H37FN4O4. The highest BCUT2D eigenvalue weighted by molar-refractivity contribution is 5.71. The number of carboxylic acids is 1. The van der Waals surface area contributed by atoms with Gasteiger partial charge in [-0.25, -0.2) is 14.4 Å². The number of ether oxygens (including phenoxy) is 2. The first-order valence-corrected chi connectivity index (χ1v) is 14.7. The normalized spacial score (nSPS) is 20.5. The summed E-state index contributed by atoms with van der Waals surface area (Å²) in [6, 6.07) is 7.80. The second kappa shape index (κ2) is 11.7. The van der Waals surface area contributed by atoms with E-state index < -0.39 is 17.7 Å². The fraction of sp³-hybridized carbons (Fsp3) is 0.500. The lowest BCUT2D eigenvalue weighted by Gasteiger charge is -2.37. The molecule has 8 nitrogen and oxygen atoms in total. The van der Waals surface area contributed by atoms with Gasteiger partial charge in [0.15, 0.2) is 5.82 Å². The third-order valence-corrected chi connectivity index (χ3v) is 9.07. The average molecular weight is 561 g/mol. The van der Waals surface area contributed by atoms with Crippen LogP contribution in [0, 0.1) is 17.7 Å². The Bertz CT molecular complexity index is 1420. The molecule has 216 valence electrons. The maximum atomic E-state index is 14.9. The lowest BCUT2D eigenvalue weighted by molar-refractivity contribution is -0.142. The molecule has 2 fully saturated rings. The maximum absolute atomic E-state index is 14.9. The summed E-state index contributed by atoms with van der Waals surface area (Å²) in [7, 11) is 1.50. The first kappa shape index (κ1) is 27.6. The van der Waals surface area contributed by atoms with Crippen molar-refractivity contribution in [1.82, 2.24) is 19.9 Å². The molecule has 1 saturated heterocycles. The van der Waals surface area contributed by atoms with E-state index in [1.165, 1.54) is 7.11 Å². The predicted octanol–water partition coefficient (Wildman–Crippen LogP) is 5.95. The minimum atomic E-state index is -0.762. The van der Waals surface area contributed by atoms with Gasteiger partial charge in [-0.15, -0.1) is 0 Å². The summed E-state index contributed by atoms with van der Waals surface area (Å²) < 4.78 is 26.7. The van der Waals surface area contributed by atoms with Crippen molar-refractivity contribution in [2.75, 3.05) is 20.2 Å². The maximum Gasteiger partial charge on any atom is 0.306 e. The topological polar surface area (TPSA) is 97.7 Å². The van der Waals surface area contributed by atoms with E-state index in [1.54, 1.807) is 12.3 Å². The Balaban J connectivity index is 1.31. The van der Waals surface area contributed by atoms with Gasteiger partial charge in [-0.05, 0) is 80.6 Å². The zero-order valence-corrected chi connectivity index (χ0v) is 23.7. The minimum Gasteiger partial charge on any atom is -0.484 e. The molecule has 0 amide bonds. The van der Waals surface area contributed by atoms with Gasteiger partial charge >= 0.3 is 5.97 Å². The minimum absolute atomic E-state index is 0.0334. The number of hydrogen-bond donors (Lipinski definition) is 1. The number of carboxylic acid groups (broad SMARTS) is 1. The summed E-state index contributed by atoms with van der Waals surface area (Å²) in [5.41, 5.74) is 4.38. The fourth-order valence-electron chi connectivity index (χ4n) is 6.52. The van der Waals surface area contributed by atoms with E-state index in [-0.39, 0.29) is 12.0 Å². The SMILES string of the molecule is COc1cc(-c2ncc(C3CCc4ccc([C@H](C5CCC5)[C@H](C)C(=O)O)cc4O3)nc2CN2CCCC2)c(F)cn1. The van der Waals surface area contributed by atoms with Crippen LogP contribution in [0.5, 0.6) is 11.6 Å². The van der Waals surface area contributed by atoms with Crippen molar-refractivity contribution in [2.45, 2.75) is 70.4 Å². The Morgan fingerprint density at radius 1 is 1.15 bits per heavy atom. The molecule has 0 bridgehead atoms. The summed E-state index contributed by atoms with van der Waals surface area (Å²) in [6.45, 7) is 4.33. The summed E-state index contributed by atoms with van der Waals surface area (Å²) in [4.78, 5) is 28.0. The fourth-order valence-corrected chi connectivity index (χ4v) is 6.52. The number of aromatic nitrogens is 3. The van der Waals surface area contributed by atoms with Gasteiger partial charge in [0, 0.05) is 18.2 Å². The number of hydrogen-bond acceptors (Lipinski definition) is 7. The van der Waals surface area contributed by atoms with Crippen molar-refractivity contribution in [3.8, 4) is 22.9 Å². The smallest absolute Gasteiger partial charge is 0.306 e. The van der Waals surface area contributed by atoms with Crippen molar-refractivity contribution in [2.24, 2.45) is 11.8 Å². The van der Waals surface area contributed by atoms with Crippen LogP contribution in [0.15, 0.2) is 36.7 Å². The number of likely N-dealkylation sites (tertiary alicyclic amines) is 1. The van der Waals surface area contributed by atoms with Crippen LogP contribution in [0.25, 0.3) is 11.3 Å². The zero-order valence-electron chi connectivity index (χ0n) is 23.7. The molecule has 2 aromatic heterocycles. The first-order chi connectivity index (χ1) is 19.9. The molecule has 1 aromatic carbocycles. The second-order valence-corrected chi connectivity index (χ2v) is 11.6. The van der Waals surface area contributed by atoms with Crippen LogP contribution < -0.4 is 9.47 Å². The number of benzene rings is 1. The summed E-state index contributed by atoms with van der Waals surface area (Å²) in [5.74, 6) is -0.231. The number of aryl methyl sites for hydroxylation is 1. The van der Waals surface area contributed by atoms with E-state index in [0.717, 1.165) is 86.8 Å². The number of nitrogens with zero attached hydrogens (tertiary/aromatic N) is 4. The molecule has 1 unspecified atom stereocenters. The van der Waals surface area contributed by atoms with Crippen LogP contribution in [-0.2, 0) is 17.8 Å². The number of methoxy groups -OCH3 is 1. The lowest BCUT2D eigenvalue weighted by Crippen LogP contribution is -2.30. The van der Waals surface area contributed by atoms with Crippen LogP contribution in [0.4, 0.5) is 4.39 Å². The van der Waals surface area contributed by atoms with Gasteiger partial charge in [0.05, 0.1) is 42.5 Å². The third-order valence-electron chi connectivity index (χ3n) is 9.07. The number of fused-ring (bicyclic) bond motifs is 1. The standard InChI is InChI=1S/C32H37FN4O4/c1-19(32(38)39)30(21-6-5-7-21)22-9-8-20-10-11-27(41-28(20)14-22)25-17-35-31(23-15-29(40-2)34-16-24(23)33)26(36-25)18-37-12-3-4-13-37/h8-9,14-17,19,21,27,30H,3-7,10-13,18H2,1-2H3,(H,38,39)/t19-,27?,30-/m0/s1. The van der Waals surface area contributed by atoms with Gasteiger partial charge in [-0.2, -0.15) is 0 Å². The zero-order chi connectivity index (χ0) is 28.5. The van der Waals surface area contributed by atoms with Gasteiger partial charge in [-0.3, -0.25) is 14.7 Å². The van der Waals surface area contributed by atoms with E-state index >= 15 is 0 Å². The van der Waals surface area contributed by atoms with Crippen molar-refractivity contribution < 1.29 is 23.8 Å². The molecule has 1 aliphatic carbocycles. The summed E-state index contributed by atoms with van der Waals surface area (Å²) >= 11 is 0. The predicted molar refractivity (Wildman–Crippen MR) is 151 cm³/mol. The van der Waals surface area contributed by atoms with Gasteiger partial charge in [0.1, 0.15) is 11.9 Å². The molecule has 1 saturated carbocycles. The van der Waals surface area contributed by atoms with Crippen LogP contribution in [0.3, 0.4) is 0 Å². The van der Waals surface area contributed by atoms with E-state index in [0.29, 0.717) is 35.3 Å². The molecule has 9 heteroatoms. The van der Waals surface area contributed by atoms with Gasteiger partial charge in [0.25, 0.3) is 0 Å². The molecule has 1 N–H and O–H groups in total. The highest BCUT2D eigenvalue weighted by Crippen LogP contribution is 2.46. The second-order valence-electron chi connectivity index (χ2n) is 11.6. The lowest BCUT2D eigenvalue weighted by atomic mass is 9.68. The highest BCUT2D eigenvalue weighted by Gasteiger charge is 2.36. The Hall–Kier alpha value is -3.59. The van der Waals surface area contributed by atoms with Crippen LogP contribution in [-0.4, -0.2) is 51.1 Å². The largest absolute Gasteiger partial charge is 0.484 e. The third kappa shape index (κ3) is 5.64. The molecule has 6 rings (SSSR count). The number of halogens is 1. The molecule has 0 spiro atoms. The van der Waals surface area contributed by atoms with Crippen LogP contribution in [0.2, 0.25) is 0 Å². The molecular weight excluding hydrogens is 523 g/mol. The quantitative estimate of drug-likeness (QED) is 0.343. The first-order valence-electron chi connectivity index (χ1n) is 14.7. The molecule has 3 atom stereocenters. The number of pyridine rings is 1. The van der Waals surface area contributed by atoms with E-state index in [4.69, 9.17) is 19.4 Å². The molecule has 41 heavy (non-hydrogen) atoms. The molecule has 0 radical (unpaired) electrons. The number of aliphatic carboxylic acids is 1. The molecule has 4 heterocycles. The summed E-state index contributed by atoms with van der Waals surface area (Å²) in [5, 5.41) is 9.81. The van der Waals surface area contributed by atoms with E-state index in [9.17, 15) is 14.3 Å². The Morgan fingerprint density at radius 3 is 2.66 bits per heavy atom. The van der Waals surface area contributed by atoms with Crippen molar-refractivity contribution in [3.63, 3.8) is 0 Å². The Morgan fingerprint density at radius 2 is 1.95 bits per heavy atom. The highest BCUT2D eigenvalue weighted by atomic mass is 19.1.